The van der Waals surface area contributed by atoms with Crippen LogP contribution >= 0.6 is 0 Å². The molecule has 1 fully saturated rings. The molecule has 1 saturated heterocycles. The summed E-state index contributed by atoms with van der Waals surface area (Å²) in [6.45, 7) is 4.10. The van der Waals surface area contributed by atoms with Crippen molar-refractivity contribution in [1.29, 1.82) is 0 Å². The predicted molar refractivity (Wildman–Crippen MR) is 104 cm³/mol. The number of nitrogens with one attached hydrogen (secondary N) is 1. The molecule has 1 amide bonds. The number of likely N-dealkylation sites (tertiary alicyclic amines) is 1. The van der Waals surface area contributed by atoms with Crippen molar-refractivity contribution < 1.29 is 4.79 Å². The summed E-state index contributed by atoms with van der Waals surface area (Å²) in [5.41, 5.74) is 3.24. The lowest BCUT2D eigenvalue weighted by Crippen LogP contribution is -2.32. The zero-order valence-electron chi connectivity index (χ0n) is 15.0. The number of benzene rings is 2. The Morgan fingerprint density at radius 3 is 2.77 bits per heavy atom. The van der Waals surface area contributed by atoms with Crippen LogP contribution in [0.25, 0.3) is 10.8 Å². The first-order valence-electron chi connectivity index (χ1n) is 9.09. The molecule has 1 aliphatic rings. The average molecular weight is 345 g/mol. The van der Waals surface area contributed by atoms with Crippen molar-refractivity contribution >= 4 is 16.7 Å². The van der Waals surface area contributed by atoms with E-state index in [-0.39, 0.29) is 11.9 Å². The van der Waals surface area contributed by atoms with E-state index in [1.165, 1.54) is 16.3 Å². The average Bonchev–Trinajstić information content (AvgIpc) is 3.00. The fourth-order valence-electron chi connectivity index (χ4n) is 3.64. The molecule has 1 atom stereocenters. The lowest BCUT2D eigenvalue weighted by molar-refractivity contribution is -0.128. The van der Waals surface area contributed by atoms with E-state index in [2.05, 4.69) is 46.7 Å². The number of aryl methyl sites for hydroxylation is 1. The van der Waals surface area contributed by atoms with E-state index in [0.29, 0.717) is 19.5 Å². The zero-order chi connectivity index (χ0) is 17.9. The van der Waals surface area contributed by atoms with Crippen molar-refractivity contribution in [2.45, 2.75) is 32.5 Å². The largest absolute Gasteiger partial charge is 0.337 e. The van der Waals surface area contributed by atoms with Gasteiger partial charge in [-0.3, -0.25) is 9.78 Å². The number of aromatic nitrogens is 1. The van der Waals surface area contributed by atoms with Gasteiger partial charge in [0.15, 0.2) is 0 Å². The van der Waals surface area contributed by atoms with Crippen molar-refractivity contribution in [3.05, 3.63) is 77.6 Å². The second-order valence-electron chi connectivity index (χ2n) is 6.96. The number of pyridine rings is 1. The third-order valence-electron chi connectivity index (χ3n) is 4.97. The molecular weight excluding hydrogens is 322 g/mol. The van der Waals surface area contributed by atoms with Crippen LogP contribution in [-0.2, 0) is 17.9 Å². The lowest BCUT2D eigenvalue weighted by Gasteiger charge is -2.18. The third-order valence-corrected chi connectivity index (χ3v) is 4.97. The molecule has 0 saturated carbocycles. The molecule has 2 heterocycles. The van der Waals surface area contributed by atoms with Crippen molar-refractivity contribution in [2.75, 3.05) is 6.54 Å². The normalized spacial score (nSPS) is 17.2. The lowest BCUT2D eigenvalue weighted by atomic mass is 10.0. The SMILES string of the molecule is Cc1cccc(CN[C@H]2CC(=O)N(Cc3cccc4ccccc34)C2)n1. The number of rotatable bonds is 5. The van der Waals surface area contributed by atoms with Crippen molar-refractivity contribution in [3.8, 4) is 0 Å². The minimum absolute atomic E-state index is 0.180. The Balaban J connectivity index is 1.41. The number of carbonyl (C=O) groups is 1. The van der Waals surface area contributed by atoms with Crippen LogP contribution in [0.5, 0.6) is 0 Å². The number of hydrogen-bond donors (Lipinski definition) is 1. The van der Waals surface area contributed by atoms with Crippen LogP contribution in [-0.4, -0.2) is 28.4 Å². The summed E-state index contributed by atoms with van der Waals surface area (Å²) in [4.78, 5) is 18.9. The summed E-state index contributed by atoms with van der Waals surface area (Å²) in [5, 5.41) is 5.93. The van der Waals surface area contributed by atoms with Crippen molar-refractivity contribution in [3.63, 3.8) is 0 Å². The smallest absolute Gasteiger partial charge is 0.224 e. The summed E-state index contributed by atoms with van der Waals surface area (Å²) in [7, 11) is 0. The molecule has 26 heavy (non-hydrogen) atoms. The predicted octanol–water partition coefficient (Wildman–Crippen LogP) is 3.43. The summed E-state index contributed by atoms with van der Waals surface area (Å²) in [6.07, 6.45) is 0.552. The Morgan fingerprint density at radius 2 is 1.88 bits per heavy atom. The van der Waals surface area contributed by atoms with Gasteiger partial charge in [0, 0.05) is 37.8 Å². The molecular formula is C22H23N3O. The van der Waals surface area contributed by atoms with Gasteiger partial charge < -0.3 is 10.2 Å². The van der Waals surface area contributed by atoms with Gasteiger partial charge in [-0.15, -0.1) is 0 Å². The molecule has 0 spiro atoms. The fourth-order valence-corrected chi connectivity index (χ4v) is 3.64. The molecule has 0 bridgehead atoms. The van der Waals surface area contributed by atoms with Gasteiger partial charge in [-0.25, -0.2) is 0 Å². The molecule has 1 aromatic heterocycles. The molecule has 0 radical (unpaired) electrons. The highest BCUT2D eigenvalue weighted by atomic mass is 16.2. The Hall–Kier alpha value is -2.72. The molecule has 4 heteroatoms. The van der Waals surface area contributed by atoms with E-state index in [1.54, 1.807) is 0 Å². The van der Waals surface area contributed by atoms with Crippen LogP contribution in [0.3, 0.4) is 0 Å². The maximum absolute atomic E-state index is 12.5. The number of hydrogen-bond acceptors (Lipinski definition) is 3. The van der Waals surface area contributed by atoms with E-state index < -0.39 is 0 Å². The van der Waals surface area contributed by atoms with Crippen LogP contribution in [0.4, 0.5) is 0 Å². The maximum atomic E-state index is 12.5. The van der Waals surface area contributed by atoms with Gasteiger partial charge in [-0.1, -0.05) is 48.5 Å². The van der Waals surface area contributed by atoms with E-state index in [1.807, 2.05) is 36.1 Å². The van der Waals surface area contributed by atoms with Gasteiger partial charge in [0.25, 0.3) is 0 Å². The van der Waals surface area contributed by atoms with E-state index in [9.17, 15) is 4.79 Å². The fraction of sp³-hybridized carbons (Fsp3) is 0.273. The number of fused-ring (bicyclic) bond motifs is 1. The topological polar surface area (TPSA) is 45.2 Å². The Morgan fingerprint density at radius 1 is 1.08 bits per heavy atom. The molecule has 1 aliphatic heterocycles. The van der Waals surface area contributed by atoms with Gasteiger partial charge in [0.1, 0.15) is 0 Å². The van der Waals surface area contributed by atoms with Crippen molar-refractivity contribution in [1.82, 2.24) is 15.2 Å². The minimum Gasteiger partial charge on any atom is -0.337 e. The minimum atomic E-state index is 0.180. The van der Waals surface area contributed by atoms with Gasteiger partial charge in [0.05, 0.1) is 5.69 Å². The quantitative estimate of drug-likeness (QED) is 0.770. The van der Waals surface area contributed by atoms with Gasteiger partial charge in [-0.2, -0.15) is 0 Å². The van der Waals surface area contributed by atoms with Gasteiger partial charge in [-0.05, 0) is 35.4 Å². The molecule has 0 aliphatic carbocycles. The van der Waals surface area contributed by atoms with Crippen LogP contribution in [0.1, 0.15) is 23.4 Å². The highest BCUT2D eigenvalue weighted by Crippen LogP contribution is 2.22. The highest BCUT2D eigenvalue weighted by Gasteiger charge is 2.29. The number of amides is 1. The van der Waals surface area contributed by atoms with E-state index in [4.69, 9.17) is 0 Å². The molecule has 132 valence electrons. The van der Waals surface area contributed by atoms with Crippen LogP contribution < -0.4 is 5.32 Å². The standard InChI is InChI=1S/C22H23N3O/c1-16-6-4-10-19(24-16)13-23-20-12-22(26)25(15-20)14-18-9-5-8-17-7-2-3-11-21(17)18/h2-11,20,23H,12-15H2,1H3/t20-/m0/s1. The second kappa shape index (κ2) is 7.26. The summed E-state index contributed by atoms with van der Waals surface area (Å²) < 4.78 is 0. The molecule has 4 rings (SSSR count). The summed E-state index contributed by atoms with van der Waals surface area (Å²) >= 11 is 0. The van der Waals surface area contributed by atoms with E-state index >= 15 is 0 Å². The monoisotopic (exact) mass is 345 g/mol. The van der Waals surface area contributed by atoms with E-state index in [0.717, 1.165) is 17.9 Å². The van der Waals surface area contributed by atoms with Gasteiger partial charge >= 0.3 is 0 Å². The van der Waals surface area contributed by atoms with Crippen molar-refractivity contribution in [2.24, 2.45) is 0 Å². The first-order chi connectivity index (χ1) is 12.7. The Bertz CT molecular complexity index is 932. The highest BCUT2D eigenvalue weighted by molar-refractivity contribution is 5.86. The summed E-state index contributed by atoms with van der Waals surface area (Å²) in [5.74, 6) is 0.215. The zero-order valence-corrected chi connectivity index (χ0v) is 15.0. The number of nitrogens with zero attached hydrogens (tertiary/aromatic N) is 2. The first-order valence-corrected chi connectivity index (χ1v) is 9.09. The molecule has 1 N–H and O–H groups in total. The Labute approximate surface area is 153 Å². The Kier molecular flexibility index (Phi) is 4.67. The number of carbonyl (C=O) groups excluding carboxylic acids is 1. The molecule has 3 aromatic rings. The first kappa shape index (κ1) is 16.7. The van der Waals surface area contributed by atoms with Gasteiger partial charge in [0.2, 0.25) is 5.91 Å². The van der Waals surface area contributed by atoms with Crippen LogP contribution in [0.2, 0.25) is 0 Å². The van der Waals surface area contributed by atoms with Crippen LogP contribution in [0.15, 0.2) is 60.7 Å². The maximum Gasteiger partial charge on any atom is 0.224 e. The summed E-state index contributed by atoms with van der Waals surface area (Å²) in [6, 6.07) is 20.9. The molecule has 0 unspecified atom stereocenters. The van der Waals surface area contributed by atoms with Crippen LogP contribution in [0, 0.1) is 6.92 Å². The molecule has 4 nitrogen and oxygen atoms in total. The second-order valence-corrected chi connectivity index (χ2v) is 6.96. The molecule has 2 aromatic carbocycles. The third kappa shape index (κ3) is 3.60.